The van der Waals surface area contributed by atoms with Gasteiger partial charge in [-0.2, -0.15) is 4.68 Å². The summed E-state index contributed by atoms with van der Waals surface area (Å²) in [5.41, 5.74) is 0.864. The predicted octanol–water partition coefficient (Wildman–Crippen LogP) is 2.47. The molecule has 1 fully saturated rings. The van der Waals surface area contributed by atoms with Gasteiger partial charge in [-0.1, -0.05) is 17.8 Å². The first-order chi connectivity index (χ1) is 13.8. The van der Waals surface area contributed by atoms with Gasteiger partial charge in [0.25, 0.3) is 0 Å². The first kappa shape index (κ1) is 20.9. The lowest BCUT2D eigenvalue weighted by Crippen LogP contribution is -2.52. The van der Waals surface area contributed by atoms with Crippen LogP contribution in [0.5, 0.6) is 0 Å². The van der Waals surface area contributed by atoms with Crippen molar-refractivity contribution in [2.75, 3.05) is 37.8 Å². The van der Waals surface area contributed by atoms with Crippen molar-refractivity contribution in [2.24, 2.45) is 0 Å². The van der Waals surface area contributed by atoms with E-state index in [0.717, 1.165) is 5.69 Å². The number of anilines is 1. The summed E-state index contributed by atoms with van der Waals surface area (Å²) in [7, 11) is 0. The van der Waals surface area contributed by atoms with Gasteiger partial charge in [-0.15, -0.1) is 5.10 Å². The molecule has 3 amide bonds. The Hall–Kier alpha value is -2.82. The number of thioether (sulfide) groups is 1. The topological polar surface area (TPSA) is 105 Å². The van der Waals surface area contributed by atoms with Crippen molar-refractivity contribution >= 4 is 29.6 Å². The summed E-state index contributed by atoms with van der Waals surface area (Å²) in [5, 5.41) is 15.2. The van der Waals surface area contributed by atoms with Gasteiger partial charge in [-0.05, 0) is 55.7 Å². The molecule has 2 aromatic rings. The van der Waals surface area contributed by atoms with E-state index in [0.29, 0.717) is 37.0 Å². The Bertz CT molecular complexity index is 872. The second-order valence-corrected chi connectivity index (χ2v) is 8.29. The Balaban J connectivity index is 1.58. The van der Waals surface area contributed by atoms with E-state index in [1.807, 2.05) is 51.3 Å². The number of carbonyl (C=O) groups is 2. The minimum Gasteiger partial charge on any atom is -0.444 e. The minimum atomic E-state index is -0.535. The summed E-state index contributed by atoms with van der Waals surface area (Å²) in [6, 6.07) is 7.10. The second-order valence-electron chi connectivity index (χ2n) is 7.51. The highest BCUT2D eigenvalue weighted by Gasteiger charge is 2.27. The fourth-order valence-corrected chi connectivity index (χ4v) is 3.24. The summed E-state index contributed by atoms with van der Waals surface area (Å²) in [4.78, 5) is 28.1. The molecule has 0 saturated carbocycles. The lowest BCUT2D eigenvalue weighted by atomic mass is 10.2. The Kier molecular flexibility index (Phi) is 6.26. The van der Waals surface area contributed by atoms with Gasteiger partial charge in [0, 0.05) is 31.9 Å². The normalized spacial score (nSPS) is 14.6. The van der Waals surface area contributed by atoms with Crippen LogP contribution in [0, 0.1) is 0 Å². The molecule has 0 bridgehead atoms. The highest BCUT2D eigenvalue weighted by atomic mass is 32.2. The van der Waals surface area contributed by atoms with E-state index in [2.05, 4.69) is 20.8 Å². The van der Waals surface area contributed by atoms with Gasteiger partial charge < -0.3 is 19.9 Å². The van der Waals surface area contributed by atoms with Crippen LogP contribution in [0.4, 0.5) is 15.3 Å². The first-order valence-corrected chi connectivity index (χ1v) is 10.5. The fraction of sp³-hybridized carbons (Fsp3) is 0.500. The molecule has 29 heavy (non-hydrogen) atoms. The van der Waals surface area contributed by atoms with Crippen molar-refractivity contribution < 1.29 is 14.3 Å². The van der Waals surface area contributed by atoms with Crippen molar-refractivity contribution in [3.63, 3.8) is 0 Å². The van der Waals surface area contributed by atoms with Crippen LogP contribution in [-0.2, 0) is 4.74 Å². The van der Waals surface area contributed by atoms with Gasteiger partial charge in [0.2, 0.25) is 5.16 Å². The van der Waals surface area contributed by atoms with E-state index in [9.17, 15) is 9.59 Å². The third kappa shape index (κ3) is 5.37. The molecule has 0 radical (unpaired) electrons. The zero-order valence-corrected chi connectivity index (χ0v) is 17.8. The van der Waals surface area contributed by atoms with Crippen molar-refractivity contribution in [3.05, 3.63) is 24.3 Å². The SMILES string of the molecule is CSc1nnnn1-c1cccc(NC(=O)N2CCN(C(=O)OC(C)(C)C)CC2)c1. The molecule has 0 spiro atoms. The largest absolute Gasteiger partial charge is 0.444 e. The predicted molar refractivity (Wildman–Crippen MR) is 109 cm³/mol. The van der Waals surface area contributed by atoms with E-state index in [1.54, 1.807) is 14.5 Å². The molecule has 11 heteroatoms. The third-order valence-corrected chi connectivity index (χ3v) is 4.80. The van der Waals surface area contributed by atoms with Gasteiger partial charge in [0.05, 0.1) is 5.69 Å². The zero-order chi connectivity index (χ0) is 21.0. The Morgan fingerprint density at radius 3 is 2.48 bits per heavy atom. The van der Waals surface area contributed by atoms with Crippen LogP contribution in [0.3, 0.4) is 0 Å². The molecule has 1 aromatic carbocycles. The Morgan fingerprint density at radius 2 is 1.83 bits per heavy atom. The molecular formula is C18H25N7O3S. The maximum atomic E-state index is 12.6. The van der Waals surface area contributed by atoms with Gasteiger partial charge in [0.15, 0.2) is 0 Å². The first-order valence-electron chi connectivity index (χ1n) is 9.23. The highest BCUT2D eigenvalue weighted by molar-refractivity contribution is 7.98. The molecule has 0 atom stereocenters. The lowest BCUT2D eigenvalue weighted by molar-refractivity contribution is 0.0174. The molecule has 1 saturated heterocycles. The standard InChI is InChI=1S/C18H25N7O3S/c1-18(2,3)28-17(27)24-10-8-23(9-11-24)15(26)19-13-6-5-7-14(12-13)25-16(29-4)20-21-22-25/h5-7,12H,8-11H2,1-4H3,(H,19,26). The van der Waals surface area contributed by atoms with Crippen LogP contribution < -0.4 is 5.32 Å². The highest BCUT2D eigenvalue weighted by Crippen LogP contribution is 2.19. The molecule has 0 aliphatic carbocycles. The van der Waals surface area contributed by atoms with E-state index in [-0.39, 0.29) is 12.1 Å². The minimum absolute atomic E-state index is 0.215. The smallest absolute Gasteiger partial charge is 0.410 e. The van der Waals surface area contributed by atoms with Crippen LogP contribution in [0.15, 0.2) is 29.4 Å². The number of nitrogens with zero attached hydrogens (tertiary/aromatic N) is 6. The number of aromatic nitrogens is 4. The van der Waals surface area contributed by atoms with Crippen LogP contribution in [0.25, 0.3) is 5.69 Å². The van der Waals surface area contributed by atoms with Gasteiger partial charge in [-0.25, -0.2) is 9.59 Å². The van der Waals surface area contributed by atoms with Crippen molar-refractivity contribution in [3.8, 4) is 5.69 Å². The molecule has 1 aromatic heterocycles. The maximum Gasteiger partial charge on any atom is 0.410 e. The van der Waals surface area contributed by atoms with Gasteiger partial charge >= 0.3 is 12.1 Å². The number of rotatable bonds is 3. The van der Waals surface area contributed by atoms with Crippen LogP contribution >= 0.6 is 11.8 Å². The molecule has 1 aliphatic heterocycles. The number of amides is 3. The number of piperazine rings is 1. The summed E-state index contributed by atoms with van der Waals surface area (Å²) in [6.45, 7) is 7.25. The fourth-order valence-electron chi connectivity index (χ4n) is 2.80. The zero-order valence-electron chi connectivity index (χ0n) is 17.0. The number of ether oxygens (including phenoxy) is 1. The number of carbonyl (C=O) groups excluding carboxylic acids is 2. The molecule has 0 unspecified atom stereocenters. The van der Waals surface area contributed by atoms with E-state index < -0.39 is 5.60 Å². The van der Waals surface area contributed by atoms with Crippen molar-refractivity contribution in [2.45, 2.75) is 31.5 Å². The van der Waals surface area contributed by atoms with Crippen LogP contribution in [0.2, 0.25) is 0 Å². The molecule has 2 heterocycles. The average Bonchev–Trinajstić information content (AvgIpc) is 3.16. The lowest BCUT2D eigenvalue weighted by Gasteiger charge is -2.35. The summed E-state index contributed by atoms with van der Waals surface area (Å²) in [5.74, 6) is 0. The number of nitrogens with one attached hydrogen (secondary N) is 1. The van der Waals surface area contributed by atoms with Gasteiger partial charge in [0.1, 0.15) is 5.60 Å². The molecule has 1 aliphatic rings. The van der Waals surface area contributed by atoms with E-state index in [1.165, 1.54) is 11.8 Å². The van der Waals surface area contributed by atoms with E-state index in [4.69, 9.17) is 4.74 Å². The second kappa shape index (κ2) is 8.68. The quantitative estimate of drug-likeness (QED) is 0.762. The number of benzene rings is 1. The monoisotopic (exact) mass is 419 g/mol. The summed E-state index contributed by atoms with van der Waals surface area (Å²) in [6.07, 6.45) is 1.54. The molecule has 3 rings (SSSR count). The number of hydrogen-bond donors (Lipinski definition) is 1. The van der Waals surface area contributed by atoms with Gasteiger partial charge in [-0.3, -0.25) is 0 Å². The Morgan fingerprint density at radius 1 is 1.14 bits per heavy atom. The van der Waals surface area contributed by atoms with Crippen LogP contribution in [-0.4, -0.2) is 80.2 Å². The Labute approximate surface area is 173 Å². The molecular weight excluding hydrogens is 394 g/mol. The molecule has 10 nitrogen and oxygen atoms in total. The summed E-state index contributed by atoms with van der Waals surface area (Å²) < 4.78 is 6.99. The van der Waals surface area contributed by atoms with Crippen molar-refractivity contribution in [1.82, 2.24) is 30.0 Å². The summed E-state index contributed by atoms with van der Waals surface area (Å²) >= 11 is 1.43. The number of urea groups is 1. The van der Waals surface area contributed by atoms with E-state index >= 15 is 0 Å². The number of hydrogen-bond acceptors (Lipinski definition) is 7. The van der Waals surface area contributed by atoms with Crippen molar-refractivity contribution in [1.29, 1.82) is 0 Å². The maximum absolute atomic E-state index is 12.6. The van der Waals surface area contributed by atoms with Crippen LogP contribution in [0.1, 0.15) is 20.8 Å². The third-order valence-electron chi connectivity index (χ3n) is 4.18. The molecule has 1 N–H and O–H groups in total. The number of tetrazole rings is 1. The molecule has 156 valence electrons. The average molecular weight is 420 g/mol.